The highest BCUT2D eigenvalue weighted by Crippen LogP contribution is 2.38. The molecule has 1 amide bonds. The molecule has 2 heterocycles. The third-order valence-corrected chi connectivity index (χ3v) is 3.46. The lowest BCUT2D eigenvalue weighted by atomic mass is 9.99. The molecule has 0 aliphatic carbocycles. The third-order valence-electron chi connectivity index (χ3n) is 3.25. The summed E-state index contributed by atoms with van der Waals surface area (Å²) in [5.74, 6) is 0.366. The largest absolute Gasteiger partial charge is 0.507 e. The Labute approximate surface area is 127 Å². The molecule has 3 N–H and O–H groups in total. The summed E-state index contributed by atoms with van der Waals surface area (Å²) >= 11 is 4.87. The van der Waals surface area contributed by atoms with Gasteiger partial charge in [-0.2, -0.15) is 0 Å². The summed E-state index contributed by atoms with van der Waals surface area (Å²) in [5, 5.41) is 15.8. The van der Waals surface area contributed by atoms with Crippen molar-refractivity contribution in [3.8, 4) is 11.5 Å². The Morgan fingerprint density at radius 3 is 2.76 bits per heavy atom. The average molecular weight is 302 g/mol. The molecule has 0 bridgehead atoms. The van der Waals surface area contributed by atoms with Crippen LogP contribution >= 0.6 is 12.2 Å². The molecule has 108 valence electrons. The number of phenolic OH excluding ortho intramolecular Hbond substituents is 1. The lowest BCUT2D eigenvalue weighted by molar-refractivity contribution is -0.115. The maximum absolute atomic E-state index is 11.6. The molecule has 0 atom stereocenters. The van der Waals surface area contributed by atoms with Crippen LogP contribution in [0, 0.1) is 0 Å². The Hall–Kier alpha value is -2.34. The van der Waals surface area contributed by atoms with Gasteiger partial charge < -0.3 is 15.2 Å². The lowest BCUT2D eigenvalue weighted by Gasteiger charge is -2.28. The van der Waals surface area contributed by atoms with Crippen LogP contribution in [0.3, 0.4) is 0 Å². The minimum Gasteiger partial charge on any atom is -0.507 e. The molecule has 21 heavy (non-hydrogen) atoms. The van der Waals surface area contributed by atoms with Crippen molar-refractivity contribution in [2.24, 2.45) is 0 Å². The highest BCUT2D eigenvalue weighted by Gasteiger charge is 2.25. The maximum Gasteiger partial charge on any atom is 0.273 e. The van der Waals surface area contributed by atoms with Crippen LogP contribution in [0.5, 0.6) is 11.5 Å². The number of hydrogen-bond donors (Lipinski definition) is 3. The molecule has 1 saturated heterocycles. The number of benzene rings is 1. The molecule has 1 aromatic carbocycles. The fourth-order valence-corrected chi connectivity index (χ4v) is 2.41. The molecule has 2 aliphatic heterocycles. The summed E-state index contributed by atoms with van der Waals surface area (Å²) in [6, 6.07) is 3.48. The van der Waals surface area contributed by atoms with E-state index in [-0.39, 0.29) is 16.8 Å². The van der Waals surface area contributed by atoms with Gasteiger partial charge in [-0.25, -0.2) is 0 Å². The molecule has 0 radical (unpaired) electrons. The van der Waals surface area contributed by atoms with Gasteiger partial charge in [0.25, 0.3) is 5.91 Å². The van der Waals surface area contributed by atoms with Gasteiger partial charge in [0.2, 0.25) is 0 Å². The van der Waals surface area contributed by atoms with Crippen LogP contribution in [0.15, 0.2) is 23.9 Å². The molecular weight excluding hydrogens is 288 g/mol. The minimum atomic E-state index is -0.404. The summed E-state index contributed by atoms with van der Waals surface area (Å²) in [7, 11) is 0. The standard InChI is InChI=1S/C15H14N2O3S/c1-15(2)6-5-9-11(20-15)4-3-8(12(9)18)7-10-13(19)17-14(21)16-10/h3-7,18H,1-2H3,(H2,16,17,19,21)/b10-7-. The van der Waals surface area contributed by atoms with E-state index in [2.05, 4.69) is 10.6 Å². The van der Waals surface area contributed by atoms with Crippen LogP contribution < -0.4 is 15.4 Å². The van der Waals surface area contributed by atoms with E-state index < -0.39 is 5.60 Å². The SMILES string of the molecule is CC1(C)C=Cc2c(ccc(/C=C3\NC(=S)NC3=O)c2O)O1. The molecule has 6 heteroatoms. The first-order valence-corrected chi connectivity index (χ1v) is 6.85. The Morgan fingerprint density at radius 2 is 2.10 bits per heavy atom. The first kappa shape index (κ1) is 13.6. The van der Waals surface area contributed by atoms with Crippen LogP contribution in [0.4, 0.5) is 0 Å². The van der Waals surface area contributed by atoms with E-state index in [1.54, 1.807) is 18.2 Å². The van der Waals surface area contributed by atoms with E-state index in [0.717, 1.165) is 0 Å². The van der Waals surface area contributed by atoms with Crippen LogP contribution in [-0.4, -0.2) is 21.7 Å². The zero-order valence-electron chi connectivity index (χ0n) is 11.6. The summed E-state index contributed by atoms with van der Waals surface area (Å²) in [6.45, 7) is 3.88. The fourth-order valence-electron chi connectivity index (χ4n) is 2.21. The van der Waals surface area contributed by atoms with Crippen molar-refractivity contribution in [1.82, 2.24) is 10.6 Å². The second-order valence-corrected chi connectivity index (χ2v) is 5.83. The number of carbonyl (C=O) groups excluding carboxylic acids is 1. The van der Waals surface area contributed by atoms with Crippen LogP contribution in [0.25, 0.3) is 12.2 Å². The Bertz CT molecular complexity index is 720. The summed E-state index contributed by atoms with van der Waals surface area (Å²) < 4.78 is 5.78. The van der Waals surface area contributed by atoms with E-state index in [0.29, 0.717) is 22.6 Å². The minimum absolute atomic E-state index is 0.0687. The molecule has 0 spiro atoms. The Morgan fingerprint density at radius 1 is 1.33 bits per heavy atom. The van der Waals surface area contributed by atoms with Gasteiger partial charge in [0.1, 0.15) is 22.8 Å². The predicted octanol–water partition coefficient (Wildman–Crippen LogP) is 1.92. The number of nitrogens with one attached hydrogen (secondary N) is 2. The van der Waals surface area contributed by atoms with E-state index in [9.17, 15) is 9.90 Å². The van der Waals surface area contributed by atoms with Gasteiger partial charge in [0, 0.05) is 5.56 Å². The monoisotopic (exact) mass is 302 g/mol. The highest BCUT2D eigenvalue weighted by molar-refractivity contribution is 7.80. The van der Waals surface area contributed by atoms with Gasteiger partial charge in [-0.15, -0.1) is 0 Å². The zero-order chi connectivity index (χ0) is 15.2. The number of thiocarbonyl (C=S) groups is 1. The lowest BCUT2D eigenvalue weighted by Crippen LogP contribution is -2.27. The van der Waals surface area contributed by atoms with Gasteiger partial charge in [0.05, 0.1) is 5.56 Å². The van der Waals surface area contributed by atoms with Gasteiger partial charge in [-0.1, -0.05) is 0 Å². The van der Waals surface area contributed by atoms with Gasteiger partial charge in [-0.3, -0.25) is 10.1 Å². The van der Waals surface area contributed by atoms with E-state index in [1.807, 2.05) is 26.0 Å². The van der Waals surface area contributed by atoms with Crippen molar-refractivity contribution >= 4 is 35.4 Å². The molecule has 1 fully saturated rings. The summed E-state index contributed by atoms with van der Waals surface area (Å²) in [4.78, 5) is 11.6. The molecule has 3 rings (SSSR count). The average Bonchev–Trinajstić information content (AvgIpc) is 2.70. The van der Waals surface area contributed by atoms with Gasteiger partial charge >= 0.3 is 0 Å². The fraction of sp³-hybridized carbons (Fsp3) is 0.200. The molecule has 1 aromatic rings. The first-order chi connectivity index (χ1) is 9.85. The predicted molar refractivity (Wildman–Crippen MR) is 83.7 cm³/mol. The van der Waals surface area contributed by atoms with Crippen molar-refractivity contribution in [3.63, 3.8) is 0 Å². The maximum atomic E-state index is 11.6. The summed E-state index contributed by atoms with van der Waals surface area (Å²) in [6.07, 6.45) is 5.25. The number of amides is 1. The topological polar surface area (TPSA) is 70.6 Å². The van der Waals surface area contributed by atoms with E-state index >= 15 is 0 Å². The zero-order valence-corrected chi connectivity index (χ0v) is 12.4. The molecule has 2 aliphatic rings. The van der Waals surface area contributed by atoms with Crippen molar-refractivity contribution in [3.05, 3.63) is 35.0 Å². The van der Waals surface area contributed by atoms with Crippen molar-refractivity contribution in [2.75, 3.05) is 0 Å². The van der Waals surface area contributed by atoms with E-state index in [1.165, 1.54) is 0 Å². The molecular formula is C15H14N2O3S. The number of carbonyl (C=O) groups is 1. The van der Waals surface area contributed by atoms with Crippen molar-refractivity contribution in [1.29, 1.82) is 0 Å². The van der Waals surface area contributed by atoms with Crippen LogP contribution in [-0.2, 0) is 4.79 Å². The third kappa shape index (κ3) is 2.50. The molecule has 0 aromatic heterocycles. The number of ether oxygens (including phenoxy) is 1. The Kier molecular flexibility index (Phi) is 2.98. The number of phenols is 1. The smallest absolute Gasteiger partial charge is 0.273 e. The van der Waals surface area contributed by atoms with E-state index in [4.69, 9.17) is 17.0 Å². The number of hydrogen-bond acceptors (Lipinski definition) is 4. The highest BCUT2D eigenvalue weighted by atomic mass is 32.1. The molecule has 5 nitrogen and oxygen atoms in total. The normalized spacial score (nSPS) is 20.8. The van der Waals surface area contributed by atoms with Crippen LogP contribution in [0.2, 0.25) is 0 Å². The van der Waals surface area contributed by atoms with Crippen molar-refractivity contribution in [2.45, 2.75) is 19.4 Å². The number of rotatable bonds is 1. The second kappa shape index (κ2) is 4.60. The van der Waals surface area contributed by atoms with Crippen molar-refractivity contribution < 1.29 is 14.6 Å². The second-order valence-electron chi connectivity index (χ2n) is 5.42. The Balaban J connectivity index is 2.02. The number of fused-ring (bicyclic) bond motifs is 1. The first-order valence-electron chi connectivity index (χ1n) is 6.44. The van der Waals surface area contributed by atoms with Gasteiger partial charge in [0.15, 0.2) is 5.11 Å². The van der Waals surface area contributed by atoms with Crippen LogP contribution in [0.1, 0.15) is 25.0 Å². The molecule has 0 saturated carbocycles. The summed E-state index contributed by atoms with van der Waals surface area (Å²) in [5.41, 5.74) is 1.02. The number of aromatic hydroxyl groups is 1. The van der Waals surface area contributed by atoms with Gasteiger partial charge in [-0.05, 0) is 56.4 Å². The quantitative estimate of drug-likeness (QED) is 0.546. The molecule has 0 unspecified atom stereocenters.